The highest BCUT2D eigenvalue weighted by Gasteiger charge is 2.22. The second kappa shape index (κ2) is 6.59. The minimum Gasteiger partial charge on any atom is -0.481 e. The number of carbonyl (C=O) groups excluding carboxylic acids is 1. The molecule has 17 heavy (non-hydrogen) atoms. The average molecular weight is 242 g/mol. The molecular formula is C12H22N2O3. The van der Waals surface area contributed by atoms with Crippen LogP contribution in [0.3, 0.4) is 0 Å². The fraction of sp³-hybridized carbons (Fsp3) is 0.833. The van der Waals surface area contributed by atoms with Gasteiger partial charge in [-0.25, -0.2) is 0 Å². The van der Waals surface area contributed by atoms with Gasteiger partial charge in [0.2, 0.25) is 5.91 Å². The van der Waals surface area contributed by atoms with E-state index in [1.807, 2.05) is 13.8 Å². The third-order valence-corrected chi connectivity index (χ3v) is 3.18. The van der Waals surface area contributed by atoms with Gasteiger partial charge >= 0.3 is 5.97 Å². The summed E-state index contributed by atoms with van der Waals surface area (Å²) in [6.45, 7) is 5.70. The first-order chi connectivity index (χ1) is 7.99. The number of rotatable bonds is 6. The van der Waals surface area contributed by atoms with Gasteiger partial charge in [-0.2, -0.15) is 0 Å². The number of hydrogen-bond donors (Lipinski definition) is 3. The highest BCUT2D eigenvalue weighted by Crippen LogP contribution is 2.13. The van der Waals surface area contributed by atoms with Gasteiger partial charge in [0.1, 0.15) is 0 Å². The van der Waals surface area contributed by atoms with Gasteiger partial charge < -0.3 is 15.7 Å². The van der Waals surface area contributed by atoms with Crippen molar-refractivity contribution in [3.63, 3.8) is 0 Å². The molecule has 2 unspecified atom stereocenters. The zero-order chi connectivity index (χ0) is 12.8. The van der Waals surface area contributed by atoms with E-state index in [4.69, 9.17) is 5.11 Å². The van der Waals surface area contributed by atoms with Crippen LogP contribution in [0.1, 0.15) is 33.1 Å². The predicted molar refractivity (Wildman–Crippen MR) is 64.6 cm³/mol. The average Bonchev–Trinajstić information content (AvgIpc) is 2.68. The lowest BCUT2D eigenvalue weighted by Crippen LogP contribution is -2.40. The summed E-state index contributed by atoms with van der Waals surface area (Å²) >= 11 is 0. The van der Waals surface area contributed by atoms with Crippen LogP contribution in [-0.4, -0.2) is 36.1 Å². The lowest BCUT2D eigenvalue weighted by atomic mass is 9.99. The molecule has 3 N–H and O–H groups in total. The minimum absolute atomic E-state index is 0.00762. The van der Waals surface area contributed by atoms with Crippen molar-refractivity contribution in [1.82, 2.24) is 10.6 Å². The Labute approximate surface area is 102 Å². The van der Waals surface area contributed by atoms with E-state index in [-0.39, 0.29) is 24.3 Å². The Kier molecular flexibility index (Phi) is 5.41. The lowest BCUT2D eigenvalue weighted by molar-refractivity contribution is -0.138. The van der Waals surface area contributed by atoms with E-state index in [2.05, 4.69) is 10.6 Å². The molecule has 0 aromatic carbocycles. The van der Waals surface area contributed by atoms with Gasteiger partial charge in [0.25, 0.3) is 0 Å². The highest BCUT2D eigenvalue weighted by atomic mass is 16.4. The Hall–Kier alpha value is -1.10. The molecule has 0 bridgehead atoms. The Morgan fingerprint density at radius 3 is 2.65 bits per heavy atom. The molecule has 0 saturated carbocycles. The maximum Gasteiger partial charge on any atom is 0.305 e. The maximum atomic E-state index is 11.8. The Bertz CT molecular complexity index is 273. The Balaban J connectivity index is 2.37. The number of carbonyl (C=O) groups is 2. The topological polar surface area (TPSA) is 78.4 Å². The molecule has 1 heterocycles. The summed E-state index contributed by atoms with van der Waals surface area (Å²) in [5, 5.41) is 14.8. The zero-order valence-electron chi connectivity index (χ0n) is 10.5. The Morgan fingerprint density at radius 1 is 1.47 bits per heavy atom. The molecule has 0 radical (unpaired) electrons. The summed E-state index contributed by atoms with van der Waals surface area (Å²) in [5.41, 5.74) is 0. The monoisotopic (exact) mass is 242 g/mol. The van der Waals surface area contributed by atoms with E-state index in [1.165, 1.54) is 0 Å². The minimum atomic E-state index is -0.869. The van der Waals surface area contributed by atoms with Gasteiger partial charge in [0.05, 0.1) is 6.42 Å². The van der Waals surface area contributed by atoms with Crippen LogP contribution >= 0.6 is 0 Å². The van der Waals surface area contributed by atoms with E-state index in [1.54, 1.807) is 0 Å². The maximum absolute atomic E-state index is 11.8. The van der Waals surface area contributed by atoms with Crippen molar-refractivity contribution in [3.05, 3.63) is 0 Å². The van der Waals surface area contributed by atoms with Gasteiger partial charge in [0, 0.05) is 12.5 Å². The van der Waals surface area contributed by atoms with E-state index in [0.717, 1.165) is 19.5 Å². The molecule has 1 fully saturated rings. The van der Waals surface area contributed by atoms with Crippen molar-refractivity contribution < 1.29 is 14.7 Å². The second-order valence-corrected chi connectivity index (χ2v) is 5.08. The van der Waals surface area contributed by atoms with Crippen molar-refractivity contribution in [3.8, 4) is 0 Å². The van der Waals surface area contributed by atoms with Crippen LogP contribution in [0.5, 0.6) is 0 Å². The first-order valence-electron chi connectivity index (χ1n) is 6.21. The van der Waals surface area contributed by atoms with Gasteiger partial charge in [-0.05, 0) is 31.3 Å². The first kappa shape index (κ1) is 14.0. The predicted octanol–water partition coefficient (Wildman–Crippen LogP) is 0.602. The number of hydrogen-bond acceptors (Lipinski definition) is 3. The van der Waals surface area contributed by atoms with Crippen LogP contribution in [0.2, 0.25) is 0 Å². The summed E-state index contributed by atoms with van der Waals surface area (Å²) in [6, 6.07) is -0.269. The largest absolute Gasteiger partial charge is 0.481 e. The van der Waals surface area contributed by atoms with Crippen LogP contribution in [0.4, 0.5) is 0 Å². The molecule has 2 atom stereocenters. The molecule has 0 aromatic heterocycles. The standard InChI is InChI=1S/C12H22N2O3/c1-8(2)10(6-12(16)17)14-11(15)5-9-3-4-13-7-9/h8-10,13H,3-7H2,1-2H3,(H,14,15)(H,16,17). The van der Waals surface area contributed by atoms with Gasteiger partial charge in [-0.1, -0.05) is 13.8 Å². The second-order valence-electron chi connectivity index (χ2n) is 5.08. The number of carboxylic acid groups (broad SMARTS) is 1. The summed E-state index contributed by atoms with van der Waals surface area (Å²) in [7, 11) is 0. The molecule has 5 heteroatoms. The third kappa shape index (κ3) is 5.17. The molecule has 98 valence electrons. The smallest absolute Gasteiger partial charge is 0.305 e. The molecule has 0 aliphatic carbocycles. The molecular weight excluding hydrogens is 220 g/mol. The zero-order valence-corrected chi connectivity index (χ0v) is 10.5. The molecule has 1 aliphatic rings. The van der Waals surface area contributed by atoms with Crippen molar-refractivity contribution in [1.29, 1.82) is 0 Å². The molecule has 1 rings (SSSR count). The normalized spacial score (nSPS) is 21.5. The summed E-state index contributed by atoms with van der Waals surface area (Å²) in [6.07, 6.45) is 1.51. The van der Waals surface area contributed by atoms with E-state index >= 15 is 0 Å². The fourth-order valence-electron chi connectivity index (χ4n) is 2.06. The highest BCUT2D eigenvalue weighted by molar-refractivity contribution is 5.77. The van der Waals surface area contributed by atoms with E-state index in [0.29, 0.717) is 12.3 Å². The first-order valence-corrected chi connectivity index (χ1v) is 6.21. The van der Waals surface area contributed by atoms with Crippen LogP contribution in [-0.2, 0) is 9.59 Å². The van der Waals surface area contributed by atoms with E-state index in [9.17, 15) is 9.59 Å². The van der Waals surface area contributed by atoms with Crippen molar-refractivity contribution in [2.45, 2.75) is 39.2 Å². The number of nitrogens with one attached hydrogen (secondary N) is 2. The van der Waals surface area contributed by atoms with E-state index < -0.39 is 5.97 Å². The van der Waals surface area contributed by atoms with Crippen molar-refractivity contribution >= 4 is 11.9 Å². The SMILES string of the molecule is CC(C)C(CC(=O)O)NC(=O)CC1CCNC1. The van der Waals surface area contributed by atoms with Crippen molar-refractivity contribution in [2.24, 2.45) is 11.8 Å². The van der Waals surface area contributed by atoms with Gasteiger partial charge in [-0.3, -0.25) is 9.59 Å². The van der Waals surface area contributed by atoms with Crippen LogP contribution in [0, 0.1) is 11.8 Å². The summed E-state index contributed by atoms with van der Waals surface area (Å²) < 4.78 is 0. The van der Waals surface area contributed by atoms with Crippen LogP contribution < -0.4 is 10.6 Å². The molecule has 1 saturated heterocycles. The lowest BCUT2D eigenvalue weighted by Gasteiger charge is -2.21. The molecule has 1 aliphatic heterocycles. The fourth-order valence-corrected chi connectivity index (χ4v) is 2.06. The van der Waals surface area contributed by atoms with Gasteiger partial charge in [-0.15, -0.1) is 0 Å². The number of amides is 1. The van der Waals surface area contributed by atoms with Crippen molar-refractivity contribution in [2.75, 3.05) is 13.1 Å². The molecule has 0 aromatic rings. The quantitative estimate of drug-likeness (QED) is 0.637. The van der Waals surface area contributed by atoms with Crippen LogP contribution in [0.25, 0.3) is 0 Å². The molecule has 1 amide bonds. The van der Waals surface area contributed by atoms with Crippen LogP contribution in [0.15, 0.2) is 0 Å². The summed E-state index contributed by atoms with van der Waals surface area (Å²) in [5.74, 6) is -0.366. The number of carboxylic acids is 1. The number of aliphatic carboxylic acids is 1. The van der Waals surface area contributed by atoms with Gasteiger partial charge in [0.15, 0.2) is 0 Å². The molecule has 5 nitrogen and oxygen atoms in total. The summed E-state index contributed by atoms with van der Waals surface area (Å²) in [4.78, 5) is 22.4. The Morgan fingerprint density at radius 2 is 2.18 bits per heavy atom. The third-order valence-electron chi connectivity index (χ3n) is 3.18. The molecule has 0 spiro atoms.